The van der Waals surface area contributed by atoms with Crippen LogP contribution in [-0.2, 0) is 0 Å². The summed E-state index contributed by atoms with van der Waals surface area (Å²) in [4.78, 5) is 10.8. The number of hydrogen-bond acceptors (Lipinski definition) is 2. The molecule has 1 heterocycles. The number of aromatic amines is 1. The second-order valence-electron chi connectivity index (χ2n) is 2.32. The minimum absolute atomic E-state index is 0.0190. The van der Waals surface area contributed by atoms with E-state index in [2.05, 4.69) is 10.2 Å². The Morgan fingerprint density at radius 1 is 1.27 bits per heavy atom. The lowest BCUT2D eigenvalue weighted by Gasteiger charge is -1.99. The SMILES string of the molecule is O=c1ccc2c[nH]ncc-2c1. The Kier molecular flexibility index (Phi) is 1.22. The zero-order valence-corrected chi connectivity index (χ0v) is 5.74. The molecule has 0 saturated carbocycles. The monoisotopic (exact) mass is 146 g/mol. The highest BCUT2D eigenvalue weighted by Gasteiger charge is 1.98. The van der Waals surface area contributed by atoms with Crippen LogP contribution in [0.2, 0.25) is 0 Å². The Bertz CT molecular complexity index is 394. The number of rotatable bonds is 0. The molecule has 1 aliphatic carbocycles. The van der Waals surface area contributed by atoms with Crippen molar-refractivity contribution < 1.29 is 0 Å². The first kappa shape index (κ1) is 6.09. The lowest BCUT2D eigenvalue weighted by Crippen LogP contribution is -1.98. The molecule has 0 amide bonds. The zero-order chi connectivity index (χ0) is 7.68. The third-order valence-electron chi connectivity index (χ3n) is 1.56. The molecule has 0 atom stereocenters. The average molecular weight is 146 g/mol. The van der Waals surface area contributed by atoms with Crippen molar-refractivity contribution in [3.05, 3.63) is 40.8 Å². The number of benzene rings is 1. The van der Waals surface area contributed by atoms with E-state index < -0.39 is 0 Å². The summed E-state index contributed by atoms with van der Waals surface area (Å²) in [6, 6.07) is 4.88. The predicted molar refractivity (Wildman–Crippen MR) is 41.5 cm³/mol. The first-order valence-electron chi connectivity index (χ1n) is 3.29. The normalized spacial score (nSPS) is 10.2. The highest BCUT2D eigenvalue weighted by Crippen LogP contribution is 2.14. The topological polar surface area (TPSA) is 45.8 Å². The molecule has 0 aromatic carbocycles. The van der Waals surface area contributed by atoms with Gasteiger partial charge in [0.1, 0.15) is 0 Å². The molecule has 11 heavy (non-hydrogen) atoms. The molecular weight excluding hydrogens is 140 g/mol. The lowest BCUT2D eigenvalue weighted by molar-refractivity contribution is 1.03. The number of nitrogens with zero attached hydrogens (tertiary/aromatic N) is 1. The van der Waals surface area contributed by atoms with Crippen molar-refractivity contribution in [1.82, 2.24) is 10.2 Å². The van der Waals surface area contributed by atoms with Gasteiger partial charge in [-0.15, -0.1) is 0 Å². The number of fused-ring (bicyclic) bond motifs is 1. The molecule has 2 rings (SSSR count). The van der Waals surface area contributed by atoms with Crippen molar-refractivity contribution in [2.45, 2.75) is 0 Å². The van der Waals surface area contributed by atoms with Gasteiger partial charge < -0.3 is 0 Å². The summed E-state index contributed by atoms with van der Waals surface area (Å²) in [5, 5.41) is 6.49. The number of hydrogen-bond donors (Lipinski definition) is 1. The molecule has 0 radical (unpaired) electrons. The summed E-state index contributed by atoms with van der Waals surface area (Å²) in [6.45, 7) is 0. The van der Waals surface area contributed by atoms with Crippen LogP contribution in [-0.4, -0.2) is 10.2 Å². The van der Waals surface area contributed by atoms with E-state index in [4.69, 9.17) is 0 Å². The van der Waals surface area contributed by atoms with Gasteiger partial charge in [-0.25, -0.2) is 0 Å². The molecule has 0 bridgehead atoms. The number of H-pyrrole nitrogens is 1. The minimum atomic E-state index is 0.0190. The van der Waals surface area contributed by atoms with E-state index in [0.717, 1.165) is 11.1 Å². The molecule has 1 N–H and O–H groups in total. The molecule has 0 aromatic heterocycles. The van der Waals surface area contributed by atoms with Crippen LogP contribution in [0.15, 0.2) is 35.4 Å². The van der Waals surface area contributed by atoms with Crippen LogP contribution >= 0.6 is 0 Å². The van der Waals surface area contributed by atoms with E-state index in [1.807, 2.05) is 0 Å². The van der Waals surface area contributed by atoms with Gasteiger partial charge in [0.2, 0.25) is 0 Å². The van der Waals surface area contributed by atoms with Crippen molar-refractivity contribution in [1.29, 1.82) is 0 Å². The molecule has 0 spiro atoms. The van der Waals surface area contributed by atoms with Crippen molar-refractivity contribution in [2.24, 2.45) is 0 Å². The minimum Gasteiger partial charge on any atom is -0.290 e. The molecule has 1 aliphatic heterocycles. The Labute approximate surface area is 63.0 Å². The van der Waals surface area contributed by atoms with Crippen molar-refractivity contribution in [3.63, 3.8) is 0 Å². The van der Waals surface area contributed by atoms with Crippen LogP contribution in [0.1, 0.15) is 0 Å². The first-order valence-corrected chi connectivity index (χ1v) is 3.29. The van der Waals surface area contributed by atoms with Crippen LogP contribution < -0.4 is 5.43 Å². The summed E-state index contributed by atoms with van der Waals surface area (Å²) < 4.78 is 0. The first-order chi connectivity index (χ1) is 5.36. The van der Waals surface area contributed by atoms with Gasteiger partial charge in [-0.3, -0.25) is 9.89 Å². The molecule has 0 saturated heterocycles. The highest BCUT2D eigenvalue weighted by molar-refractivity contribution is 5.61. The van der Waals surface area contributed by atoms with E-state index in [1.54, 1.807) is 24.5 Å². The zero-order valence-electron chi connectivity index (χ0n) is 5.74. The fourth-order valence-electron chi connectivity index (χ4n) is 1.01. The van der Waals surface area contributed by atoms with Crippen molar-refractivity contribution in [2.75, 3.05) is 0 Å². The largest absolute Gasteiger partial charge is 0.290 e. The Balaban J connectivity index is 2.84. The maximum atomic E-state index is 10.8. The summed E-state index contributed by atoms with van der Waals surface area (Å²) in [5.41, 5.74) is 1.89. The van der Waals surface area contributed by atoms with E-state index in [1.165, 1.54) is 6.07 Å². The van der Waals surface area contributed by atoms with Crippen LogP contribution in [0.25, 0.3) is 11.1 Å². The predicted octanol–water partition coefficient (Wildman–Crippen LogP) is 0.875. The third-order valence-corrected chi connectivity index (χ3v) is 1.56. The fraction of sp³-hybridized carbons (Fsp3) is 0. The lowest BCUT2D eigenvalue weighted by atomic mass is 10.1. The second kappa shape index (κ2) is 2.20. The molecule has 0 fully saturated rings. The van der Waals surface area contributed by atoms with Gasteiger partial charge in [-0.1, -0.05) is 0 Å². The number of aromatic nitrogens is 2. The van der Waals surface area contributed by atoms with Crippen LogP contribution in [0.4, 0.5) is 0 Å². The summed E-state index contributed by atoms with van der Waals surface area (Å²) >= 11 is 0. The summed E-state index contributed by atoms with van der Waals surface area (Å²) in [6.07, 6.45) is 3.39. The molecule has 2 aliphatic rings. The van der Waals surface area contributed by atoms with E-state index in [0.29, 0.717) is 0 Å². The molecule has 3 nitrogen and oxygen atoms in total. The number of nitrogens with one attached hydrogen (secondary N) is 1. The van der Waals surface area contributed by atoms with Gasteiger partial charge in [0, 0.05) is 17.3 Å². The van der Waals surface area contributed by atoms with Gasteiger partial charge >= 0.3 is 0 Å². The summed E-state index contributed by atoms with van der Waals surface area (Å²) in [7, 11) is 0. The highest BCUT2D eigenvalue weighted by atomic mass is 16.1. The van der Waals surface area contributed by atoms with Gasteiger partial charge in [0.05, 0.1) is 6.20 Å². The van der Waals surface area contributed by atoms with Gasteiger partial charge in [-0.2, -0.15) is 5.10 Å². The Hall–Kier alpha value is -1.64. The average Bonchev–Trinajstić information content (AvgIpc) is 2.04. The molecule has 0 aromatic rings. The van der Waals surface area contributed by atoms with E-state index >= 15 is 0 Å². The molecular formula is C8H6N2O. The van der Waals surface area contributed by atoms with Crippen molar-refractivity contribution >= 4 is 0 Å². The van der Waals surface area contributed by atoms with Gasteiger partial charge in [0.25, 0.3) is 0 Å². The standard InChI is InChI=1S/C8H6N2O/c11-8-2-1-6-4-9-10-5-7(6)3-8/h1-5,9H. The summed E-state index contributed by atoms with van der Waals surface area (Å²) in [5.74, 6) is 0. The Morgan fingerprint density at radius 3 is 3.09 bits per heavy atom. The van der Waals surface area contributed by atoms with Gasteiger partial charge in [-0.05, 0) is 18.2 Å². The quantitative estimate of drug-likeness (QED) is 0.599. The molecule has 54 valence electrons. The van der Waals surface area contributed by atoms with E-state index in [9.17, 15) is 4.79 Å². The smallest absolute Gasteiger partial charge is 0.179 e. The van der Waals surface area contributed by atoms with E-state index in [-0.39, 0.29) is 5.43 Å². The van der Waals surface area contributed by atoms with Gasteiger partial charge in [0.15, 0.2) is 5.43 Å². The Morgan fingerprint density at radius 2 is 2.18 bits per heavy atom. The van der Waals surface area contributed by atoms with Crippen LogP contribution in [0.5, 0.6) is 0 Å². The fourth-order valence-corrected chi connectivity index (χ4v) is 1.01. The third kappa shape index (κ3) is 1.00. The van der Waals surface area contributed by atoms with Crippen molar-refractivity contribution in [3.8, 4) is 11.1 Å². The molecule has 0 unspecified atom stereocenters. The maximum absolute atomic E-state index is 10.8. The molecule has 3 heteroatoms. The van der Waals surface area contributed by atoms with Crippen LogP contribution in [0.3, 0.4) is 0 Å². The maximum Gasteiger partial charge on any atom is 0.179 e. The van der Waals surface area contributed by atoms with Crippen LogP contribution in [0, 0.1) is 0 Å². The second-order valence-corrected chi connectivity index (χ2v) is 2.32.